The second-order valence-corrected chi connectivity index (χ2v) is 6.60. The zero-order valence-electron chi connectivity index (χ0n) is 15.8. The first-order valence-corrected chi connectivity index (χ1v) is 9.25. The first-order valence-electron chi connectivity index (χ1n) is 9.25. The van der Waals surface area contributed by atoms with Gasteiger partial charge in [-0.25, -0.2) is 23.9 Å². The minimum absolute atomic E-state index is 0.256. The van der Waals surface area contributed by atoms with Crippen molar-refractivity contribution < 1.29 is 9.59 Å². The SMILES string of the molecule is O=C(c1ccccc1)C(C(=O)c1ccccc1)n1[nH]c(=O)n(-c2ccccc2)c1=O. The Hall–Kier alpha value is -4.26. The summed E-state index contributed by atoms with van der Waals surface area (Å²) in [6, 6.07) is 23.1. The molecule has 0 spiro atoms. The fraction of sp³-hybridized carbons (Fsp3) is 0.0435. The lowest BCUT2D eigenvalue weighted by molar-refractivity contribution is 0.0802. The van der Waals surface area contributed by atoms with Crippen molar-refractivity contribution in [2.75, 3.05) is 0 Å². The molecule has 0 saturated carbocycles. The maximum absolute atomic E-state index is 13.3. The predicted octanol–water partition coefficient (Wildman–Crippen LogP) is 2.63. The second-order valence-electron chi connectivity index (χ2n) is 6.60. The second kappa shape index (κ2) is 8.00. The van der Waals surface area contributed by atoms with Gasteiger partial charge in [-0.1, -0.05) is 78.9 Å². The van der Waals surface area contributed by atoms with Crippen molar-refractivity contribution in [3.63, 3.8) is 0 Å². The number of benzene rings is 3. The molecule has 0 saturated heterocycles. The van der Waals surface area contributed by atoms with Gasteiger partial charge in [0.15, 0.2) is 17.6 Å². The van der Waals surface area contributed by atoms with Gasteiger partial charge in [-0.05, 0) is 12.1 Å². The highest BCUT2D eigenvalue weighted by molar-refractivity contribution is 6.17. The normalized spacial score (nSPS) is 10.8. The number of rotatable bonds is 6. The molecule has 0 aliphatic carbocycles. The number of ketones is 2. The van der Waals surface area contributed by atoms with E-state index < -0.39 is 29.0 Å². The zero-order valence-corrected chi connectivity index (χ0v) is 15.8. The van der Waals surface area contributed by atoms with Gasteiger partial charge in [0.2, 0.25) is 0 Å². The minimum Gasteiger partial charge on any atom is -0.291 e. The third-order valence-corrected chi connectivity index (χ3v) is 4.70. The van der Waals surface area contributed by atoms with Gasteiger partial charge in [-0.15, -0.1) is 0 Å². The molecule has 1 heterocycles. The summed E-state index contributed by atoms with van der Waals surface area (Å²) in [4.78, 5) is 52.2. The van der Waals surface area contributed by atoms with Crippen molar-refractivity contribution >= 4 is 11.6 Å². The van der Waals surface area contributed by atoms with Crippen molar-refractivity contribution in [3.8, 4) is 5.69 Å². The van der Waals surface area contributed by atoms with E-state index in [1.165, 1.54) is 0 Å². The monoisotopic (exact) mass is 399 g/mol. The molecule has 0 aliphatic rings. The van der Waals surface area contributed by atoms with Crippen LogP contribution in [-0.2, 0) is 0 Å². The number of nitrogens with one attached hydrogen (secondary N) is 1. The number of H-pyrrole nitrogens is 1. The molecule has 0 atom stereocenters. The van der Waals surface area contributed by atoms with E-state index in [0.717, 1.165) is 9.25 Å². The Morgan fingerprint density at radius 2 is 1.10 bits per heavy atom. The Morgan fingerprint density at radius 1 is 0.667 bits per heavy atom. The summed E-state index contributed by atoms with van der Waals surface area (Å²) in [6.07, 6.45) is 0. The topological polar surface area (TPSA) is 93.9 Å². The Balaban J connectivity index is 1.89. The van der Waals surface area contributed by atoms with Crippen LogP contribution < -0.4 is 11.4 Å². The fourth-order valence-electron chi connectivity index (χ4n) is 3.25. The number of hydrogen-bond donors (Lipinski definition) is 1. The lowest BCUT2D eigenvalue weighted by Gasteiger charge is -2.15. The maximum Gasteiger partial charge on any atom is 0.352 e. The van der Waals surface area contributed by atoms with Crippen LogP contribution in [0.4, 0.5) is 0 Å². The minimum atomic E-state index is -1.54. The van der Waals surface area contributed by atoms with Crippen molar-refractivity contribution in [2.45, 2.75) is 6.04 Å². The fourth-order valence-corrected chi connectivity index (χ4v) is 3.25. The van der Waals surface area contributed by atoms with Crippen LogP contribution in [-0.4, -0.2) is 25.9 Å². The zero-order chi connectivity index (χ0) is 21.1. The Morgan fingerprint density at radius 3 is 1.57 bits per heavy atom. The van der Waals surface area contributed by atoms with Gasteiger partial charge in [0.25, 0.3) is 0 Å². The quantitative estimate of drug-likeness (QED) is 0.398. The highest BCUT2D eigenvalue weighted by atomic mass is 16.2. The van der Waals surface area contributed by atoms with E-state index in [9.17, 15) is 19.2 Å². The molecular formula is C23H17N3O4. The third kappa shape index (κ3) is 3.44. The van der Waals surface area contributed by atoms with Crippen LogP contribution in [0.3, 0.4) is 0 Å². The number of hydrogen-bond acceptors (Lipinski definition) is 4. The van der Waals surface area contributed by atoms with Crippen LogP contribution in [0.15, 0.2) is 101 Å². The number of para-hydroxylation sites is 1. The molecule has 4 rings (SSSR count). The molecule has 1 aromatic heterocycles. The third-order valence-electron chi connectivity index (χ3n) is 4.70. The van der Waals surface area contributed by atoms with Crippen LogP contribution in [0.25, 0.3) is 5.69 Å². The van der Waals surface area contributed by atoms with E-state index in [0.29, 0.717) is 5.69 Å². The molecule has 148 valence electrons. The Kier molecular flexibility index (Phi) is 5.09. The van der Waals surface area contributed by atoms with E-state index in [-0.39, 0.29) is 11.1 Å². The van der Waals surface area contributed by atoms with E-state index in [1.807, 2.05) is 0 Å². The summed E-state index contributed by atoms with van der Waals surface area (Å²) in [6.45, 7) is 0. The maximum atomic E-state index is 13.3. The molecule has 30 heavy (non-hydrogen) atoms. The first kappa shape index (κ1) is 19.1. The van der Waals surface area contributed by atoms with E-state index in [4.69, 9.17) is 0 Å². The summed E-state index contributed by atoms with van der Waals surface area (Å²) in [5.74, 6) is -1.18. The van der Waals surface area contributed by atoms with Crippen LogP contribution in [0.1, 0.15) is 26.8 Å². The summed E-state index contributed by atoms with van der Waals surface area (Å²) in [5.41, 5.74) is -0.692. The van der Waals surface area contributed by atoms with E-state index in [1.54, 1.807) is 91.0 Å². The van der Waals surface area contributed by atoms with Crippen molar-refractivity contribution in [3.05, 3.63) is 123 Å². The molecule has 7 nitrogen and oxygen atoms in total. The average Bonchev–Trinajstić information content (AvgIpc) is 3.09. The molecule has 0 aliphatic heterocycles. The van der Waals surface area contributed by atoms with Gasteiger partial charge in [0.05, 0.1) is 5.69 Å². The summed E-state index contributed by atoms with van der Waals surface area (Å²) in [7, 11) is 0. The van der Waals surface area contributed by atoms with Crippen LogP contribution >= 0.6 is 0 Å². The van der Waals surface area contributed by atoms with Gasteiger partial charge in [-0.3, -0.25) is 9.59 Å². The van der Waals surface area contributed by atoms with Crippen molar-refractivity contribution in [1.82, 2.24) is 14.3 Å². The average molecular weight is 399 g/mol. The van der Waals surface area contributed by atoms with Crippen LogP contribution in [0.5, 0.6) is 0 Å². The lowest BCUT2D eigenvalue weighted by atomic mass is 9.96. The highest BCUT2D eigenvalue weighted by Gasteiger charge is 2.33. The summed E-state index contributed by atoms with van der Waals surface area (Å²) in [5, 5.41) is 2.38. The molecule has 0 bridgehead atoms. The molecule has 0 unspecified atom stereocenters. The van der Waals surface area contributed by atoms with Gasteiger partial charge < -0.3 is 0 Å². The molecule has 0 fully saturated rings. The molecule has 0 radical (unpaired) electrons. The number of nitrogens with zero attached hydrogens (tertiary/aromatic N) is 2. The standard InChI is InChI=1S/C23H17N3O4/c27-20(16-10-4-1-5-11-16)19(21(28)17-12-6-2-7-13-17)26-23(30)25(22(29)24-26)18-14-8-3-9-15-18/h1-15,19H,(H,24,29). The van der Waals surface area contributed by atoms with Gasteiger partial charge in [0, 0.05) is 11.1 Å². The van der Waals surface area contributed by atoms with Gasteiger partial charge >= 0.3 is 11.4 Å². The molecule has 4 aromatic rings. The predicted molar refractivity (Wildman–Crippen MR) is 111 cm³/mol. The number of carbonyl (C=O) groups excluding carboxylic acids is 2. The largest absolute Gasteiger partial charge is 0.352 e. The lowest BCUT2D eigenvalue weighted by Crippen LogP contribution is -2.37. The molecule has 1 N–H and O–H groups in total. The summed E-state index contributed by atoms with van der Waals surface area (Å²) < 4.78 is 1.70. The molecule has 7 heteroatoms. The first-order chi connectivity index (χ1) is 14.6. The van der Waals surface area contributed by atoms with Crippen LogP contribution in [0, 0.1) is 0 Å². The number of aromatic amines is 1. The molecular weight excluding hydrogens is 382 g/mol. The number of carbonyl (C=O) groups is 2. The molecule has 3 aromatic carbocycles. The highest BCUT2D eigenvalue weighted by Crippen LogP contribution is 2.18. The van der Waals surface area contributed by atoms with Gasteiger partial charge in [-0.2, -0.15) is 0 Å². The van der Waals surface area contributed by atoms with E-state index >= 15 is 0 Å². The van der Waals surface area contributed by atoms with Gasteiger partial charge in [0.1, 0.15) is 0 Å². The number of Topliss-reactive ketones (excluding diaryl/α,β-unsaturated/α-hetero) is 2. The summed E-state index contributed by atoms with van der Waals surface area (Å²) >= 11 is 0. The Labute approximate surface area is 170 Å². The Bertz CT molecular complexity index is 1250. The molecule has 0 amide bonds. The van der Waals surface area contributed by atoms with E-state index in [2.05, 4.69) is 5.10 Å². The van der Waals surface area contributed by atoms with Crippen LogP contribution in [0.2, 0.25) is 0 Å². The van der Waals surface area contributed by atoms with Crippen molar-refractivity contribution in [1.29, 1.82) is 0 Å². The van der Waals surface area contributed by atoms with Crippen molar-refractivity contribution in [2.24, 2.45) is 0 Å². The smallest absolute Gasteiger partial charge is 0.291 e. The number of aromatic nitrogens is 3.